The maximum Gasteiger partial charge on any atom is 0.273 e. The van der Waals surface area contributed by atoms with E-state index in [1.165, 1.54) is 23.5 Å². The van der Waals surface area contributed by atoms with Gasteiger partial charge in [-0.3, -0.25) is 14.9 Å². The van der Waals surface area contributed by atoms with Crippen molar-refractivity contribution in [2.45, 2.75) is 31.3 Å². The predicted molar refractivity (Wildman–Crippen MR) is 102 cm³/mol. The van der Waals surface area contributed by atoms with Gasteiger partial charge in [0.1, 0.15) is 10.7 Å². The largest absolute Gasteiger partial charge is 0.330 e. The molecule has 3 heterocycles. The molecular formula is C17H19ClN4O3S. The molecular weight excluding hydrogens is 376 g/mol. The molecule has 0 spiro atoms. The molecule has 1 aromatic carbocycles. The van der Waals surface area contributed by atoms with Crippen LogP contribution in [0.4, 0.5) is 5.69 Å². The third-order valence-corrected chi connectivity index (χ3v) is 5.83. The molecule has 0 saturated carbocycles. The van der Waals surface area contributed by atoms with E-state index in [-0.39, 0.29) is 30.0 Å². The fraction of sp³-hybridized carbons (Fsp3) is 0.412. The van der Waals surface area contributed by atoms with Gasteiger partial charge in [-0.15, -0.1) is 23.7 Å². The van der Waals surface area contributed by atoms with Crippen molar-refractivity contribution >= 4 is 35.3 Å². The van der Waals surface area contributed by atoms with Gasteiger partial charge in [0.2, 0.25) is 0 Å². The van der Waals surface area contributed by atoms with Crippen LogP contribution in [0.3, 0.4) is 0 Å². The van der Waals surface area contributed by atoms with Gasteiger partial charge in [-0.1, -0.05) is 0 Å². The number of nitro benzene ring substituents is 1. The highest BCUT2D eigenvalue weighted by atomic mass is 35.5. The normalized spacial score (nSPS) is 21.8. The van der Waals surface area contributed by atoms with Crippen molar-refractivity contribution in [1.82, 2.24) is 15.2 Å². The van der Waals surface area contributed by atoms with Gasteiger partial charge in [0.05, 0.1) is 4.92 Å². The topological polar surface area (TPSA) is 88.4 Å². The van der Waals surface area contributed by atoms with Crippen LogP contribution in [0.1, 0.15) is 29.8 Å². The third kappa shape index (κ3) is 3.44. The van der Waals surface area contributed by atoms with Gasteiger partial charge in [-0.25, -0.2) is 4.98 Å². The molecule has 2 atom stereocenters. The number of non-ortho nitro benzene ring substituents is 1. The van der Waals surface area contributed by atoms with Gasteiger partial charge >= 0.3 is 0 Å². The predicted octanol–water partition coefficient (Wildman–Crippen LogP) is 3.11. The minimum Gasteiger partial charge on any atom is -0.330 e. The zero-order chi connectivity index (χ0) is 17.4. The Morgan fingerprint density at radius 2 is 1.96 bits per heavy atom. The van der Waals surface area contributed by atoms with Crippen LogP contribution in [0, 0.1) is 10.1 Å². The number of halogens is 1. The second-order valence-corrected chi connectivity index (χ2v) is 7.29. The van der Waals surface area contributed by atoms with E-state index in [1.807, 2.05) is 4.90 Å². The highest BCUT2D eigenvalue weighted by Gasteiger charge is 2.39. The average molecular weight is 395 g/mol. The fourth-order valence-corrected chi connectivity index (χ4v) is 4.48. The lowest BCUT2D eigenvalue weighted by Gasteiger charge is -2.27. The Kier molecular flexibility index (Phi) is 5.55. The van der Waals surface area contributed by atoms with Crippen molar-refractivity contribution in [2.75, 3.05) is 13.1 Å². The first-order valence-electron chi connectivity index (χ1n) is 8.37. The zero-order valence-electron chi connectivity index (χ0n) is 14.0. The number of nitrogens with zero attached hydrogens (tertiary/aromatic N) is 3. The zero-order valence-corrected chi connectivity index (χ0v) is 15.6. The number of hydrogen-bond acceptors (Lipinski definition) is 6. The number of carbonyl (C=O) groups is 1. The van der Waals surface area contributed by atoms with E-state index < -0.39 is 4.92 Å². The van der Waals surface area contributed by atoms with Crippen molar-refractivity contribution in [1.29, 1.82) is 0 Å². The first kappa shape index (κ1) is 18.8. The molecule has 2 unspecified atom stereocenters. The molecule has 2 aliphatic rings. The molecule has 1 N–H and O–H groups in total. The van der Waals surface area contributed by atoms with E-state index in [9.17, 15) is 14.9 Å². The molecule has 2 saturated heterocycles. The summed E-state index contributed by atoms with van der Waals surface area (Å²) in [5, 5.41) is 16.6. The van der Waals surface area contributed by atoms with Crippen molar-refractivity contribution in [3.63, 3.8) is 0 Å². The molecule has 7 nitrogen and oxygen atoms in total. The second-order valence-electron chi connectivity index (χ2n) is 6.43. The van der Waals surface area contributed by atoms with Crippen molar-refractivity contribution in [3.8, 4) is 10.6 Å². The molecule has 2 fully saturated rings. The molecule has 2 aliphatic heterocycles. The molecule has 2 aromatic rings. The van der Waals surface area contributed by atoms with Crippen LogP contribution in [0.5, 0.6) is 0 Å². The van der Waals surface area contributed by atoms with E-state index in [0.29, 0.717) is 16.7 Å². The fourth-order valence-electron chi connectivity index (χ4n) is 3.68. The Labute approximate surface area is 161 Å². The lowest BCUT2D eigenvalue weighted by molar-refractivity contribution is -0.384. The Morgan fingerprint density at radius 3 is 2.69 bits per heavy atom. The summed E-state index contributed by atoms with van der Waals surface area (Å²) in [6.45, 7) is 1.80. The number of fused-ring (bicyclic) bond motifs is 2. The summed E-state index contributed by atoms with van der Waals surface area (Å²) in [4.78, 5) is 29.8. The molecule has 9 heteroatoms. The lowest BCUT2D eigenvalue weighted by atomic mass is 10.1. The summed E-state index contributed by atoms with van der Waals surface area (Å²) >= 11 is 1.39. The van der Waals surface area contributed by atoms with Crippen LogP contribution in [0.25, 0.3) is 10.6 Å². The Morgan fingerprint density at radius 1 is 1.23 bits per heavy atom. The Balaban J connectivity index is 0.00000196. The van der Waals surface area contributed by atoms with E-state index >= 15 is 0 Å². The van der Waals surface area contributed by atoms with Crippen molar-refractivity contribution in [2.24, 2.45) is 0 Å². The number of carbonyl (C=O) groups excluding carboxylic acids is 1. The Hall–Kier alpha value is -2.03. The van der Waals surface area contributed by atoms with Crippen LogP contribution in [0.2, 0.25) is 0 Å². The van der Waals surface area contributed by atoms with Gasteiger partial charge in [-0.2, -0.15) is 0 Å². The number of benzene rings is 1. The highest BCUT2D eigenvalue weighted by molar-refractivity contribution is 7.13. The van der Waals surface area contributed by atoms with Crippen LogP contribution in [0.15, 0.2) is 29.6 Å². The smallest absolute Gasteiger partial charge is 0.273 e. The first-order valence-corrected chi connectivity index (χ1v) is 9.25. The maximum atomic E-state index is 13.0. The number of nitro groups is 1. The molecule has 26 heavy (non-hydrogen) atoms. The molecule has 1 aromatic heterocycles. The van der Waals surface area contributed by atoms with Crippen molar-refractivity contribution < 1.29 is 9.72 Å². The van der Waals surface area contributed by atoms with E-state index in [4.69, 9.17) is 0 Å². The van der Waals surface area contributed by atoms with Gasteiger partial charge in [0, 0.05) is 41.7 Å². The lowest BCUT2D eigenvalue weighted by Crippen LogP contribution is -2.42. The summed E-state index contributed by atoms with van der Waals surface area (Å²) in [6.07, 6.45) is 3.10. The summed E-state index contributed by atoms with van der Waals surface area (Å²) in [5.41, 5.74) is 1.30. The van der Waals surface area contributed by atoms with Crippen LogP contribution < -0.4 is 5.32 Å². The molecule has 0 aliphatic carbocycles. The van der Waals surface area contributed by atoms with E-state index in [0.717, 1.165) is 37.9 Å². The average Bonchev–Trinajstić information content (AvgIpc) is 3.18. The van der Waals surface area contributed by atoms with Gasteiger partial charge in [-0.05, 0) is 37.9 Å². The van der Waals surface area contributed by atoms with E-state index in [2.05, 4.69) is 10.3 Å². The molecule has 2 bridgehead atoms. The quantitative estimate of drug-likeness (QED) is 0.638. The number of aromatic nitrogens is 1. The second kappa shape index (κ2) is 7.69. The number of thiazole rings is 1. The Bertz CT molecular complexity index is 797. The number of amides is 1. The standard InChI is InChI=1S/C17H18N4O3S.ClH/c22-17(20-12-5-6-14(20)9-18-8-7-12)15-10-25-16(19-15)11-1-3-13(4-2-11)21(23)24;/h1-4,10,12,14,18H,5-9H2;1H. The highest BCUT2D eigenvalue weighted by Crippen LogP contribution is 2.31. The minimum absolute atomic E-state index is 0. The van der Waals surface area contributed by atoms with Gasteiger partial charge < -0.3 is 10.2 Å². The molecule has 0 radical (unpaired) electrons. The maximum absolute atomic E-state index is 13.0. The minimum atomic E-state index is -0.427. The molecule has 138 valence electrons. The van der Waals surface area contributed by atoms with Gasteiger partial charge in [0.25, 0.3) is 11.6 Å². The molecule has 4 rings (SSSR count). The third-order valence-electron chi connectivity index (χ3n) is 4.94. The first-order chi connectivity index (χ1) is 12.1. The number of nitrogens with one attached hydrogen (secondary N) is 1. The summed E-state index contributed by atoms with van der Waals surface area (Å²) in [5.74, 6) is 0.000566. The van der Waals surface area contributed by atoms with Crippen molar-refractivity contribution in [3.05, 3.63) is 45.5 Å². The number of rotatable bonds is 3. The monoisotopic (exact) mass is 394 g/mol. The summed E-state index contributed by atoms with van der Waals surface area (Å²) < 4.78 is 0. The van der Waals surface area contributed by atoms with E-state index in [1.54, 1.807) is 17.5 Å². The number of hydrogen-bond donors (Lipinski definition) is 1. The van der Waals surface area contributed by atoms with Crippen LogP contribution in [-0.4, -0.2) is 45.9 Å². The van der Waals surface area contributed by atoms with Crippen LogP contribution in [-0.2, 0) is 0 Å². The molecule has 1 amide bonds. The SMILES string of the molecule is Cl.O=C(c1csc(-c2ccc([N+](=O)[O-])cc2)n1)N1C2CCNCC1CC2. The summed E-state index contributed by atoms with van der Waals surface area (Å²) in [6, 6.07) is 6.81. The van der Waals surface area contributed by atoms with Crippen LogP contribution >= 0.6 is 23.7 Å². The van der Waals surface area contributed by atoms with Gasteiger partial charge in [0.15, 0.2) is 0 Å². The summed E-state index contributed by atoms with van der Waals surface area (Å²) in [7, 11) is 0.